The Bertz CT molecular complexity index is 1150. The second kappa shape index (κ2) is 9.40. The Kier molecular flexibility index (Phi) is 6.86. The number of hydrogen-bond acceptors (Lipinski definition) is 5. The zero-order chi connectivity index (χ0) is 24.7. The number of amides is 1. The number of benzene rings is 2. The minimum atomic E-state index is -3.96. The van der Waals surface area contributed by atoms with E-state index >= 15 is 0 Å². The fraction of sp³-hybridized carbons (Fsp3) is 0.480. The highest BCUT2D eigenvalue weighted by Crippen LogP contribution is 2.40. The quantitative estimate of drug-likeness (QED) is 0.568. The highest BCUT2D eigenvalue weighted by atomic mass is 35.5. The van der Waals surface area contributed by atoms with Crippen molar-refractivity contribution < 1.29 is 22.7 Å². The van der Waals surface area contributed by atoms with Crippen molar-refractivity contribution in [1.29, 1.82) is 0 Å². The predicted octanol–water partition coefficient (Wildman–Crippen LogP) is 5.25. The summed E-state index contributed by atoms with van der Waals surface area (Å²) in [7, 11) is -3.96. The molecule has 2 heterocycles. The van der Waals surface area contributed by atoms with Crippen LogP contribution in [0.4, 0.5) is 4.79 Å². The maximum atomic E-state index is 13.9. The number of fused-ring (bicyclic) bond motifs is 1. The first-order valence-electron chi connectivity index (χ1n) is 11.5. The van der Waals surface area contributed by atoms with Crippen molar-refractivity contribution in [1.82, 2.24) is 9.21 Å². The van der Waals surface area contributed by atoms with Crippen LogP contribution in [0.2, 0.25) is 5.02 Å². The Labute approximate surface area is 206 Å². The molecule has 0 bridgehead atoms. The first-order valence-corrected chi connectivity index (χ1v) is 13.3. The van der Waals surface area contributed by atoms with E-state index in [4.69, 9.17) is 21.1 Å². The van der Waals surface area contributed by atoms with E-state index in [1.165, 1.54) is 10.4 Å². The van der Waals surface area contributed by atoms with Crippen LogP contribution in [0.1, 0.15) is 52.2 Å². The van der Waals surface area contributed by atoms with E-state index in [2.05, 4.69) is 0 Å². The number of sulfonamides is 1. The number of nitrogens with zero attached hydrogens (tertiary/aromatic N) is 2. The summed E-state index contributed by atoms with van der Waals surface area (Å²) < 4.78 is 41.2. The fourth-order valence-electron chi connectivity index (χ4n) is 4.56. The molecule has 34 heavy (non-hydrogen) atoms. The zero-order valence-electron chi connectivity index (χ0n) is 19.9. The average Bonchev–Trinajstić information content (AvgIpc) is 3.21. The Morgan fingerprint density at radius 1 is 1.18 bits per heavy atom. The molecule has 1 amide bonds. The van der Waals surface area contributed by atoms with E-state index in [0.717, 1.165) is 12.0 Å². The van der Waals surface area contributed by atoms with E-state index < -0.39 is 33.9 Å². The Balaban J connectivity index is 1.72. The number of carbonyl (C=O) groups excluding carboxylic acids is 1. The molecule has 184 valence electrons. The van der Waals surface area contributed by atoms with Gasteiger partial charge in [-0.1, -0.05) is 41.9 Å². The van der Waals surface area contributed by atoms with Crippen LogP contribution in [0.3, 0.4) is 0 Å². The molecule has 9 heteroatoms. The van der Waals surface area contributed by atoms with Gasteiger partial charge in [0, 0.05) is 24.2 Å². The molecule has 2 aliphatic rings. The zero-order valence-corrected chi connectivity index (χ0v) is 21.5. The minimum absolute atomic E-state index is 0.0343. The SMILES string of the molecule is C[C@H]1[C@H](c2ccccc2)Oc2ccc(Cl)cc2S(=O)(=O)N1CC1CCCN1C(=O)OC(C)(C)C. The van der Waals surface area contributed by atoms with Crippen LogP contribution >= 0.6 is 11.6 Å². The number of halogens is 1. The highest BCUT2D eigenvalue weighted by Gasteiger charge is 2.44. The summed E-state index contributed by atoms with van der Waals surface area (Å²) >= 11 is 6.18. The molecule has 0 aliphatic carbocycles. The monoisotopic (exact) mass is 506 g/mol. The van der Waals surface area contributed by atoms with E-state index in [-0.39, 0.29) is 23.2 Å². The molecular formula is C25H31ClN2O5S. The van der Waals surface area contributed by atoms with Crippen molar-refractivity contribution >= 4 is 27.7 Å². The lowest BCUT2D eigenvalue weighted by Gasteiger charge is -2.35. The van der Waals surface area contributed by atoms with Gasteiger partial charge in [0.15, 0.2) is 0 Å². The van der Waals surface area contributed by atoms with E-state index in [1.807, 2.05) is 58.0 Å². The second-order valence-corrected chi connectivity index (χ2v) is 12.1. The summed E-state index contributed by atoms with van der Waals surface area (Å²) in [4.78, 5) is 14.5. The van der Waals surface area contributed by atoms with Gasteiger partial charge in [-0.25, -0.2) is 13.2 Å². The molecule has 0 aromatic heterocycles. The number of carbonyl (C=O) groups is 1. The molecule has 2 aromatic rings. The summed E-state index contributed by atoms with van der Waals surface area (Å²) in [5.74, 6) is 0.267. The molecule has 2 aromatic carbocycles. The van der Waals surface area contributed by atoms with Gasteiger partial charge >= 0.3 is 6.09 Å². The maximum absolute atomic E-state index is 13.9. The van der Waals surface area contributed by atoms with E-state index in [0.29, 0.717) is 18.0 Å². The lowest BCUT2D eigenvalue weighted by molar-refractivity contribution is 0.0197. The summed E-state index contributed by atoms with van der Waals surface area (Å²) in [6.07, 6.45) is 0.522. The van der Waals surface area contributed by atoms with Gasteiger partial charge in [-0.3, -0.25) is 0 Å². The van der Waals surface area contributed by atoms with Crippen molar-refractivity contribution in [3.05, 3.63) is 59.1 Å². The smallest absolute Gasteiger partial charge is 0.410 e. The standard InChI is InChI=1S/C25H31ClN2O5S/c1-17-23(18-9-6-5-7-10-18)32-21-13-12-19(26)15-22(21)34(30,31)28(17)16-20-11-8-14-27(20)24(29)33-25(2,3)4/h5-7,9-10,12-13,15,17,20,23H,8,11,14,16H2,1-4H3/t17-,20?,23+/m0/s1. The molecule has 1 saturated heterocycles. The summed E-state index contributed by atoms with van der Waals surface area (Å²) in [6.45, 7) is 7.97. The van der Waals surface area contributed by atoms with Gasteiger partial charge in [-0.2, -0.15) is 4.31 Å². The van der Waals surface area contributed by atoms with Crippen LogP contribution in [0.5, 0.6) is 5.75 Å². The minimum Gasteiger partial charge on any atom is -0.483 e. The molecule has 2 aliphatic heterocycles. The van der Waals surface area contributed by atoms with Gasteiger partial charge in [0.05, 0.1) is 6.04 Å². The van der Waals surface area contributed by atoms with Crippen molar-refractivity contribution in [3.8, 4) is 5.75 Å². The van der Waals surface area contributed by atoms with Crippen molar-refractivity contribution in [3.63, 3.8) is 0 Å². The largest absolute Gasteiger partial charge is 0.483 e. The third-order valence-corrected chi connectivity index (χ3v) is 8.37. The molecule has 0 radical (unpaired) electrons. The molecule has 0 saturated carbocycles. The van der Waals surface area contributed by atoms with Gasteiger partial charge in [0.25, 0.3) is 0 Å². The molecule has 1 fully saturated rings. The van der Waals surface area contributed by atoms with Crippen LogP contribution in [-0.4, -0.2) is 54.5 Å². The predicted molar refractivity (Wildman–Crippen MR) is 131 cm³/mol. The molecule has 7 nitrogen and oxygen atoms in total. The van der Waals surface area contributed by atoms with Gasteiger partial charge < -0.3 is 14.4 Å². The van der Waals surface area contributed by atoms with Crippen LogP contribution in [0.25, 0.3) is 0 Å². The second-order valence-electron chi connectivity index (χ2n) is 9.83. The van der Waals surface area contributed by atoms with Crippen LogP contribution in [0.15, 0.2) is 53.4 Å². The number of likely N-dealkylation sites (tertiary alicyclic amines) is 1. The van der Waals surface area contributed by atoms with Gasteiger partial charge in [-0.05, 0) is 64.3 Å². The van der Waals surface area contributed by atoms with Crippen molar-refractivity contribution in [2.75, 3.05) is 13.1 Å². The van der Waals surface area contributed by atoms with Crippen molar-refractivity contribution in [2.24, 2.45) is 0 Å². The topological polar surface area (TPSA) is 76.2 Å². The third kappa shape index (κ3) is 5.04. The summed E-state index contributed by atoms with van der Waals surface area (Å²) in [5.41, 5.74) is 0.238. The Morgan fingerprint density at radius 3 is 2.56 bits per heavy atom. The number of rotatable bonds is 3. The fourth-order valence-corrected chi connectivity index (χ4v) is 6.61. The summed E-state index contributed by atoms with van der Waals surface area (Å²) in [5, 5.41) is 0.313. The normalized spacial score (nSPS) is 24.7. The Hall–Kier alpha value is -2.29. The number of ether oxygens (including phenoxy) is 2. The molecule has 0 N–H and O–H groups in total. The van der Waals surface area contributed by atoms with E-state index in [9.17, 15) is 13.2 Å². The molecular weight excluding hydrogens is 476 g/mol. The van der Waals surface area contributed by atoms with Gasteiger partial charge in [0.1, 0.15) is 22.4 Å². The molecule has 4 rings (SSSR count). The lowest BCUT2D eigenvalue weighted by Crippen LogP contribution is -2.50. The van der Waals surface area contributed by atoms with Gasteiger partial charge in [-0.15, -0.1) is 0 Å². The lowest BCUT2D eigenvalue weighted by atomic mass is 10.0. The van der Waals surface area contributed by atoms with Crippen molar-refractivity contribution in [2.45, 2.75) is 69.2 Å². The first kappa shape index (κ1) is 24.8. The average molecular weight is 507 g/mol. The van der Waals surface area contributed by atoms with Gasteiger partial charge in [0.2, 0.25) is 10.0 Å². The molecule has 0 spiro atoms. The maximum Gasteiger partial charge on any atom is 0.410 e. The first-order chi connectivity index (χ1) is 16.0. The summed E-state index contributed by atoms with van der Waals surface area (Å²) in [6, 6.07) is 13.4. The third-order valence-electron chi connectivity index (χ3n) is 6.16. The number of hydrogen-bond donors (Lipinski definition) is 0. The highest BCUT2D eigenvalue weighted by molar-refractivity contribution is 7.89. The van der Waals surface area contributed by atoms with Crippen LogP contribution < -0.4 is 4.74 Å². The van der Waals surface area contributed by atoms with E-state index in [1.54, 1.807) is 17.0 Å². The molecule has 1 unspecified atom stereocenters. The van der Waals surface area contributed by atoms with Crippen LogP contribution in [-0.2, 0) is 14.8 Å². The van der Waals surface area contributed by atoms with Crippen LogP contribution in [0, 0.1) is 0 Å². The Morgan fingerprint density at radius 2 is 1.88 bits per heavy atom. The molecule has 3 atom stereocenters.